The molecule has 0 aliphatic carbocycles. The van der Waals surface area contributed by atoms with E-state index in [1.54, 1.807) is 6.92 Å². The monoisotopic (exact) mass is 293 g/mol. The number of nitrogens with zero attached hydrogens (tertiary/aromatic N) is 1. The van der Waals surface area contributed by atoms with Gasteiger partial charge in [-0.3, -0.25) is 4.79 Å². The normalized spacial score (nSPS) is 9.81. The summed E-state index contributed by atoms with van der Waals surface area (Å²) in [5.74, 6) is -0.434. The number of esters is 1. The van der Waals surface area contributed by atoms with Crippen LogP contribution in [-0.4, -0.2) is 45.3 Å². The van der Waals surface area contributed by atoms with E-state index in [1.165, 1.54) is 0 Å². The van der Waals surface area contributed by atoms with Gasteiger partial charge >= 0.3 is 12.0 Å². The molecule has 2 amide bonds. The maximum Gasteiger partial charge on any atom is 0.325 e. The summed E-state index contributed by atoms with van der Waals surface area (Å²) in [6, 6.07) is 9.69. The number of hydrogen-bond acceptors (Lipinski definition) is 4. The Hall–Kier alpha value is -2.24. The number of rotatable bonds is 8. The standard InChI is InChI=1S/C15H23N3O3/c1-3-21-14(19)12-17-15(20)16-10-7-11-18(2)13-8-5-4-6-9-13/h4-6,8-9H,3,7,10-12H2,1-2H3,(H2,16,17,20). The Labute approximate surface area is 125 Å². The minimum Gasteiger partial charge on any atom is -0.465 e. The van der Waals surface area contributed by atoms with Crippen LogP contribution in [0.3, 0.4) is 0 Å². The predicted octanol–water partition coefficient (Wildman–Crippen LogP) is 1.38. The van der Waals surface area contributed by atoms with Gasteiger partial charge in [-0.2, -0.15) is 0 Å². The van der Waals surface area contributed by atoms with Gasteiger partial charge in [0.05, 0.1) is 6.61 Å². The van der Waals surface area contributed by atoms with Crippen molar-refractivity contribution < 1.29 is 14.3 Å². The van der Waals surface area contributed by atoms with Gasteiger partial charge in [0.1, 0.15) is 6.54 Å². The molecule has 0 saturated heterocycles. The zero-order valence-corrected chi connectivity index (χ0v) is 12.6. The molecule has 0 spiro atoms. The molecule has 1 rings (SSSR count). The number of anilines is 1. The van der Waals surface area contributed by atoms with Crippen molar-refractivity contribution in [2.75, 3.05) is 38.2 Å². The Bertz CT molecular complexity index is 437. The number of benzene rings is 1. The molecule has 0 radical (unpaired) electrons. The van der Waals surface area contributed by atoms with E-state index < -0.39 is 5.97 Å². The number of nitrogens with one attached hydrogen (secondary N) is 2. The Balaban J connectivity index is 2.11. The predicted molar refractivity (Wildman–Crippen MR) is 82.4 cm³/mol. The highest BCUT2D eigenvalue weighted by atomic mass is 16.5. The lowest BCUT2D eigenvalue weighted by Crippen LogP contribution is -2.40. The van der Waals surface area contributed by atoms with E-state index in [-0.39, 0.29) is 12.6 Å². The molecule has 6 nitrogen and oxygen atoms in total. The third-order valence-corrected chi connectivity index (χ3v) is 2.85. The fraction of sp³-hybridized carbons (Fsp3) is 0.467. The summed E-state index contributed by atoms with van der Waals surface area (Å²) in [6.45, 7) is 3.31. The first kappa shape index (κ1) is 16.8. The quantitative estimate of drug-likeness (QED) is 0.561. The average Bonchev–Trinajstić information content (AvgIpc) is 2.50. The molecule has 0 aromatic heterocycles. The van der Waals surface area contributed by atoms with Gasteiger partial charge in [0.2, 0.25) is 0 Å². The fourth-order valence-corrected chi connectivity index (χ4v) is 1.76. The van der Waals surface area contributed by atoms with Crippen molar-refractivity contribution in [1.29, 1.82) is 0 Å². The zero-order chi connectivity index (χ0) is 15.5. The van der Waals surface area contributed by atoms with Gasteiger partial charge in [-0.05, 0) is 25.5 Å². The zero-order valence-electron chi connectivity index (χ0n) is 12.6. The molecule has 0 aliphatic heterocycles. The van der Waals surface area contributed by atoms with Crippen molar-refractivity contribution in [3.8, 4) is 0 Å². The minimum absolute atomic E-state index is 0.108. The van der Waals surface area contributed by atoms with Gasteiger partial charge in [-0.15, -0.1) is 0 Å². The second-order valence-corrected chi connectivity index (χ2v) is 4.53. The van der Waals surface area contributed by atoms with Gasteiger partial charge in [0, 0.05) is 25.8 Å². The number of hydrogen-bond donors (Lipinski definition) is 2. The molecule has 1 aromatic rings. The summed E-state index contributed by atoms with van der Waals surface area (Å²) >= 11 is 0. The highest BCUT2D eigenvalue weighted by molar-refractivity contribution is 5.80. The summed E-state index contributed by atoms with van der Waals surface area (Å²) in [5.41, 5.74) is 1.14. The molecule has 0 atom stereocenters. The first-order valence-corrected chi connectivity index (χ1v) is 7.07. The second-order valence-electron chi connectivity index (χ2n) is 4.53. The van der Waals surface area contributed by atoms with Crippen LogP contribution >= 0.6 is 0 Å². The average molecular weight is 293 g/mol. The van der Waals surface area contributed by atoms with E-state index in [4.69, 9.17) is 4.74 Å². The molecule has 0 fully saturated rings. The molecule has 0 bridgehead atoms. The number of carbonyl (C=O) groups excluding carboxylic acids is 2. The van der Waals surface area contributed by atoms with Crippen LogP contribution in [0.1, 0.15) is 13.3 Å². The molecule has 1 aromatic carbocycles. The van der Waals surface area contributed by atoms with Crippen LogP contribution < -0.4 is 15.5 Å². The van der Waals surface area contributed by atoms with Crippen LogP contribution in [0.5, 0.6) is 0 Å². The van der Waals surface area contributed by atoms with Crippen molar-refractivity contribution >= 4 is 17.7 Å². The van der Waals surface area contributed by atoms with E-state index in [0.29, 0.717) is 13.2 Å². The number of ether oxygens (including phenoxy) is 1. The highest BCUT2D eigenvalue weighted by Crippen LogP contribution is 2.10. The SMILES string of the molecule is CCOC(=O)CNC(=O)NCCCN(C)c1ccccc1. The lowest BCUT2D eigenvalue weighted by atomic mass is 10.3. The van der Waals surface area contributed by atoms with E-state index in [0.717, 1.165) is 18.7 Å². The van der Waals surface area contributed by atoms with Crippen molar-refractivity contribution in [2.24, 2.45) is 0 Å². The largest absolute Gasteiger partial charge is 0.465 e. The van der Waals surface area contributed by atoms with Gasteiger partial charge in [-0.1, -0.05) is 18.2 Å². The maximum absolute atomic E-state index is 11.4. The maximum atomic E-state index is 11.4. The molecule has 2 N–H and O–H groups in total. The molecule has 0 aliphatic rings. The molecule has 0 unspecified atom stereocenters. The molecule has 0 saturated carbocycles. The molecule has 6 heteroatoms. The van der Waals surface area contributed by atoms with Crippen LogP contribution in [-0.2, 0) is 9.53 Å². The third kappa shape index (κ3) is 7.20. The lowest BCUT2D eigenvalue weighted by molar-refractivity contribution is -0.141. The molecule has 0 heterocycles. The third-order valence-electron chi connectivity index (χ3n) is 2.85. The van der Waals surface area contributed by atoms with Gasteiger partial charge in [0.25, 0.3) is 0 Å². The van der Waals surface area contributed by atoms with Crippen LogP contribution in [0.15, 0.2) is 30.3 Å². The van der Waals surface area contributed by atoms with E-state index >= 15 is 0 Å². The first-order chi connectivity index (χ1) is 10.1. The van der Waals surface area contributed by atoms with Gasteiger partial charge in [0.15, 0.2) is 0 Å². The van der Waals surface area contributed by atoms with Crippen LogP contribution in [0, 0.1) is 0 Å². The molecular formula is C15H23N3O3. The Morgan fingerprint density at radius 3 is 2.57 bits per heavy atom. The van der Waals surface area contributed by atoms with Gasteiger partial charge < -0.3 is 20.3 Å². The number of amides is 2. The van der Waals surface area contributed by atoms with Crippen LogP contribution in [0.25, 0.3) is 0 Å². The van der Waals surface area contributed by atoms with E-state index in [2.05, 4.69) is 15.5 Å². The van der Waals surface area contributed by atoms with Crippen LogP contribution in [0.2, 0.25) is 0 Å². The smallest absolute Gasteiger partial charge is 0.325 e. The highest BCUT2D eigenvalue weighted by Gasteiger charge is 2.05. The Morgan fingerprint density at radius 1 is 1.19 bits per heavy atom. The number of carbonyl (C=O) groups is 2. The fourth-order valence-electron chi connectivity index (χ4n) is 1.76. The van der Waals surface area contributed by atoms with E-state index in [1.807, 2.05) is 37.4 Å². The summed E-state index contributed by atoms with van der Waals surface area (Å²) in [6.07, 6.45) is 0.818. The number of urea groups is 1. The molecule has 21 heavy (non-hydrogen) atoms. The lowest BCUT2D eigenvalue weighted by Gasteiger charge is -2.19. The van der Waals surface area contributed by atoms with Crippen LogP contribution in [0.4, 0.5) is 10.5 Å². The summed E-state index contributed by atoms with van der Waals surface area (Å²) < 4.78 is 4.71. The van der Waals surface area contributed by atoms with Crippen molar-refractivity contribution in [3.63, 3.8) is 0 Å². The van der Waals surface area contributed by atoms with Crippen molar-refractivity contribution in [3.05, 3.63) is 30.3 Å². The van der Waals surface area contributed by atoms with Crippen molar-refractivity contribution in [1.82, 2.24) is 10.6 Å². The Morgan fingerprint density at radius 2 is 1.90 bits per heavy atom. The molecule has 116 valence electrons. The van der Waals surface area contributed by atoms with E-state index in [9.17, 15) is 9.59 Å². The van der Waals surface area contributed by atoms with Crippen molar-refractivity contribution in [2.45, 2.75) is 13.3 Å². The second kappa shape index (κ2) is 9.63. The Kier molecular flexibility index (Phi) is 7.71. The van der Waals surface area contributed by atoms with Gasteiger partial charge in [-0.25, -0.2) is 4.79 Å². The first-order valence-electron chi connectivity index (χ1n) is 7.07. The molecular weight excluding hydrogens is 270 g/mol. The summed E-state index contributed by atoms with van der Waals surface area (Å²) in [7, 11) is 2.01. The number of para-hydroxylation sites is 1. The topological polar surface area (TPSA) is 70.7 Å². The minimum atomic E-state index is -0.434. The summed E-state index contributed by atoms with van der Waals surface area (Å²) in [5, 5.41) is 5.15. The summed E-state index contributed by atoms with van der Waals surface area (Å²) in [4.78, 5) is 24.6.